The molecular formula is C18H11FSSe. The summed E-state index contributed by atoms with van der Waals surface area (Å²) >= 11 is 1.85. The van der Waals surface area contributed by atoms with E-state index in [-0.39, 0.29) is 20.3 Å². The summed E-state index contributed by atoms with van der Waals surface area (Å²) in [5.74, 6) is -0.137. The van der Waals surface area contributed by atoms with Gasteiger partial charge in [-0.25, -0.2) is 0 Å². The normalized spacial score (nSPS) is 11.3. The van der Waals surface area contributed by atoms with E-state index in [0.717, 1.165) is 14.1 Å². The predicted octanol–water partition coefficient (Wildman–Crippen LogP) is 5.34. The molecule has 4 rings (SSSR count). The van der Waals surface area contributed by atoms with Crippen molar-refractivity contribution in [3.63, 3.8) is 0 Å². The van der Waals surface area contributed by atoms with Crippen molar-refractivity contribution in [2.24, 2.45) is 0 Å². The summed E-state index contributed by atoms with van der Waals surface area (Å²) in [6.07, 6.45) is 0. The maximum atomic E-state index is 13.9. The molecule has 4 aromatic rings. The topological polar surface area (TPSA) is 0 Å². The first-order chi connectivity index (χ1) is 10.3. The first kappa shape index (κ1) is 13.1. The first-order valence-electron chi connectivity index (χ1n) is 6.65. The molecule has 1 aromatic heterocycles. The third-order valence-corrected chi connectivity index (χ3v) is 6.77. The molecule has 0 saturated carbocycles. The third-order valence-electron chi connectivity index (χ3n) is 3.38. The van der Waals surface area contributed by atoms with Gasteiger partial charge < -0.3 is 0 Å². The Morgan fingerprint density at radius 2 is 1.57 bits per heavy atom. The van der Waals surface area contributed by atoms with E-state index in [4.69, 9.17) is 0 Å². The SMILES string of the molecule is Fc1cc(Sc2ccccc2)c2c(c1)[se]c1ccccc12. The molecule has 0 aliphatic carbocycles. The number of hydrogen-bond donors (Lipinski definition) is 0. The molecule has 3 aromatic carbocycles. The van der Waals surface area contributed by atoms with E-state index in [1.165, 1.54) is 15.0 Å². The fourth-order valence-corrected chi connectivity index (χ4v) is 6.09. The van der Waals surface area contributed by atoms with E-state index in [9.17, 15) is 4.39 Å². The van der Waals surface area contributed by atoms with Crippen LogP contribution in [0.15, 0.2) is 76.5 Å². The summed E-state index contributed by atoms with van der Waals surface area (Å²) < 4.78 is 16.4. The molecule has 0 saturated heterocycles. The molecular weight excluding hydrogens is 346 g/mol. The van der Waals surface area contributed by atoms with Crippen molar-refractivity contribution < 1.29 is 4.39 Å². The Labute approximate surface area is 132 Å². The van der Waals surface area contributed by atoms with Gasteiger partial charge in [0.15, 0.2) is 0 Å². The van der Waals surface area contributed by atoms with Crippen LogP contribution in [0.4, 0.5) is 4.39 Å². The van der Waals surface area contributed by atoms with Gasteiger partial charge >= 0.3 is 132 Å². The number of fused-ring (bicyclic) bond motifs is 3. The standard InChI is InChI=1S/C18H11FSSe/c19-12-10-15(20-13-6-2-1-3-7-13)18-14-8-4-5-9-16(14)21-17(18)11-12/h1-11H. The number of rotatable bonds is 2. The zero-order chi connectivity index (χ0) is 14.2. The fourth-order valence-electron chi connectivity index (χ4n) is 2.48. The van der Waals surface area contributed by atoms with E-state index in [2.05, 4.69) is 36.4 Å². The Morgan fingerprint density at radius 3 is 2.43 bits per heavy atom. The Bertz CT molecular complexity index is 928. The maximum absolute atomic E-state index is 13.9. The minimum absolute atomic E-state index is 0.137. The van der Waals surface area contributed by atoms with E-state index >= 15 is 0 Å². The summed E-state index contributed by atoms with van der Waals surface area (Å²) in [4.78, 5) is 2.16. The Balaban J connectivity index is 1.98. The van der Waals surface area contributed by atoms with Crippen LogP contribution in [0.2, 0.25) is 0 Å². The second-order valence-corrected chi connectivity index (χ2v) is 8.18. The van der Waals surface area contributed by atoms with E-state index in [0.29, 0.717) is 0 Å². The molecule has 0 radical (unpaired) electrons. The van der Waals surface area contributed by atoms with Gasteiger partial charge in [0.05, 0.1) is 0 Å². The second kappa shape index (κ2) is 5.34. The molecule has 0 aliphatic heterocycles. The molecule has 0 aliphatic rings. The van der Waals surface area contributed by atoms with E-state index in [1.807, 2.05) is 18.2 Å². The van der Waals surface area contributed by atoms with Gasteiger partial charge in [0, 0.05) is 0 Å². The van der Waals surface area contributed by atoms with Crippen LogP contribution in [0.25, 0.3) is 19.3 Å². The van der Waals surface area contributed by atoms with Crippen molar-refractivity contribution >= 4 is 45.6 Å². The summed E-state index contributed by atoms with van der Waals surface area (Å²) in [7, 11) is 0. The molecule has 1 heterocycles. The molecule has 102 valence electrons. The Kier molecular flexibility index (Phi) is 3.34. The average Bonchev–Trinajstić information content (AvgIpc) is 2.86. The van der Waals surface area contributed by atoms with Crippen LogP contribution >= 0.6 is 11.8 Å². The molecule has 0 atom stereocenters. The molecule has 0 N–H and O–H groups in total. The van der Waals surface area contributed by atoms with Crippen LogP contribution < -0.4 is 0 Å². The van der Waals surface area contributed by atoms with E-state index in [1.54, 1.807) is 23.9 Å². The molecule has 0 nitrogen and oxygen atoms in total. The first-order valence-corrected chi connectivity index (χ1v) is 9.18. The van der Waals surface area contributed by atoms with Crippen LogP contribution in [0.5, 0.6) is 0 Å². The van der Waals surface area contributed by atoms with Gasteiger partial charge in [-0.15, -0.1) is 0 Å². The summed E-state index contributed by atoms with van der Waals surface area (Å²) in [5.41, 5.74) is 0. The quantitative estimate of drug-likeness (QED) is 0.437. The summed E-state index contributed by atoms with van der Waals surface area (Å²) in [6.45, 7) is 0. The van der Waals surface area contributed by atoms with Gasteiger partial charge in [0.1, 0.15) is 0 Å². The van der Waals surface area contributed by atoms with Crippen molar-refractivity contribution in [2.45, 2.75) is 9.79 Å². The zero-order valence-electron chi connectivity index (χ0n) is 11.0. The monoisotopic (exact) mass is 358 g/mol. The van der Waals surface area contributed by atoms with Crippen molar-refractivity contribution in [3.05, 3.63) is 72.5 Å². The van der Waals surface area contributed by atoms with Crippen LogP contribution in [0.3, 0.4) is 0 Å². The zero-order valence-corrected chi connectivity index (χ0v) is 13.6. The van der Waals surface area contributed by atoms with Gasteiger partial charge in [-0.3, -0.25) is 0 Å². The van der Waals surface area contributed by atoms with Crippen molar-refractivity contribution in [3.8, 4) is 0 Å². The van der Waals surface area contributed by atoms with Gasteiger partial charge in [-0.1, -0.05) is 0 Å². The fraction of sp³-hybridized carbons (Fsp3) is 0. The van der Waals surface area contributed by atoms with Gasteiger partial charge in [-0.2, -0.15) is 0 Å². The predicted molar refractivity (Wildman–Crippen MR) is 88.9 cm³/mol. The molecule has 0 unspecified atom stereocenters. The average molecular weight is 357 g/mol. The molecule has 3 heteroatoms. The van der Waals surface area contributed by atoms with E-state index < -0.39 is 0 Å². The number of hydrogen-bond acceptors (Lipinski definition) is 1. The minimum atomic E-state index is -0.137. The van der Waals surface area contributed by atoms with Crippen molar-refractivity contribution in [2.75, 3.05) is 0 Å². The van der Waals surface area contributed by atoms with Crippen molar-refractivity contribution in [1.29, 1.82) is 0 Å². The molecule has 0 fully saturated rings. The van der Waals surface area contributed by atoms with Crippen LogP contribution in [0.1, 0.15) is 0 Å². The molecule has 0 amide bonds. The van der Waals surface area contributed by atoms with Crippen LogP contribution in [0, 0.1) is 5.82 Å². The molecule has 21 heavy (non-hydrogen) atoms. The Morgan fingerprint density at radius 1 is 0.810 bits per heavy atom. The molecule has 0 spiro atoms. The van der Waals surface area contributed by atoms with Gasteiger partial charge in [-0.05, 0) is 0 Å². The number of halogens is 1. The van der Waals surface area contributed by atoms with Gasteiger partial charge in [0.2, 0.25) is 0 Å². The second-order valence-electron chi connectivity index (χ2n) is 4.79. The number of benzene rings is 3. The molecule has 0 bridgehead atoms. The van der Waals surface area contributed by atoms with Crippen LogP contribution in [-0.4, -0.2) is 14.5 Å². The van der Waals surface area contributed by atoms with Crippen molar-refractivity contribution in [1.82, 2.24) is 0 Å². The van der Waals surface area contributed by atoms with Crippen LogP contribution in [-0.2, 0) is 0 Å². The third kappa shape index (κ3) is 2.42. The summed E-state index contributed by atoms with van der Waals surface area (Å²) in [6, 6.07) is 21.9. The Hall–Kier alpha value is -1.54. The van der Waals surface area contributed by atoms with Gasteiger partial charge in [0.25, 0.3) is 0 Å². The summed E-state index contributed by atoms with van der Waals surface area (Å²) in [5, 5.41) is 2.49.